The van der Waals surface area contributed by atoms with E-state index in [0.29, 0.717) is 12.5 Å². The Morgan fingerprint density at radius 2 is 2.08 bits per heavy atom. The van der Waals surface area contributed by atoms with E-state index < -0.39 is 5.54 Å². The Hall–Kier alpha value is -0.750. The van der Waals surface area contributed by atoms with E-state index in [-0.39, 0.29) is 12.4 Å². The van der Waals surface area contributed by atoms with Crippen molar-refractivity contribution in [3.05, 3.63) is 21.9 Å². The smallest absolute Gasteiger partial charge is 0.172 e. The molecule has 136 valence electrons. The zero-order valence-electron chi connectivity index (χ0n) is 14.9. The average Bonchev–Trinajstić information content (AvgIpc) is 3.11. The average molecular weight is 354 g/mol. The summed E-state index contributed by atoms with van der Waals surface area (Å²) < 4.78 is 5.48. The minimum absolute atomic E-state index is 0.0148. The molecule has 1 atom stereocenters. The van der Waals surface area contributed by atoms with Crippen LogP contribution in [-0.4, -0.2) is 35.7 Å². The van der Waals surface area contributed by atoms with Gasteiger partial charge in [0.05, 0.1) is 17.6 Å². The normalized spacial score (nSPS) is 24.8. The molecule has 5 heteroatoms. The lowest BCUT2D eigenvalue weighted by Crippen LogP contribution is -2.40. The molecule has 1 saturated carbocycles. The first-order valence-electron chi connectivity index (χ1n) is 9.06. The molecule has 1 aliphatic carbocycles. The molecule has 3 N–H and O–H groups in total. The summed E-state index contributed by atoms with van der Waals surface area (Å²) in [4.78, 5) is 13.4. The Balaban J connectivity index is 0.000000214. The van der Waals surface area contributed by atoms with Crippen LogP contribution in [0.2, 0.25) is 0 Å². The van der Waals surface area contributed by atoms with Gasteiger partial charge in [-0.05, 0) is 63.5 Å². The van der Waals surface area contributed by atoms with Crippen LogP contribution in [0.4, 0.5) is 0 Å². The Labute approximate surface area is 149 Å². The fourth-order valence-electron chi connectivity index (χ4n) is 3.06. The third kappa shape index (κ3) is 5.96. The molecule has 4 rings (SSSR count). The number of ketones is 1. The lowest BCUT2D eigenvalue weighted by atomic mass is 9.85. The van der Waals surface area contributed by atoms with Gasteiger partial charge in [0.1, 0.15) is 0 Å². The summed E-state index contributed by atoms with van der Waals surface area (Å²) in [6.07, 6.45) is 8.29. The second-order valence-corrected chi connectivity index (χ2v) is 8.50. The molecule has 1 aromatic rings. The van der Waals surface area contributed by atoms with E-state index in [1.54, 1.807) is 0 Å². The summed E-state index contributed by atoms with van der Waals surface area (Å²) in [7, 11) is 0. The van der Waals surface area contributed by atoms with Crippen LogP contribution in [0.5, 0.6) is 0 Å². The van der Waals surface area contributed by atoms with E-state index in [9.17, 15) is 4.79 Å². The fourth-order valence-corrected chi connectivity index (χ4v) is 4.08. The maximum atomic E-state index is 11.4. The van der Waals surface area contributed by atoms with Crippen molar-refractivity contribution in [1.29, 1.82) is 0 Å². The van der Waals surface area contributed by atoms with Crippen molar-refractivity contribution in [2.24, 2.45) is 11.7 Å². The Morgan fingerprint density at radius 1 is 1.38 bits per heavy atom. The van der Waals surface area contributed by atoms with Gasteiger partial charge in [-0.2, -0.15) is 0 Å². The number of aliphatic hydroxyl groups excluding tert-OH is 1. The summed E-state index contributed by atoms with van der Waals surface area (Å²) in [6.45, 7) is 4.74. The molecule has 2 aliphatic heterocycles. The minimum Gasteiger partial charge on any atom is -0.394 e. The van der Waals surface area contributed by atoms with E-state index in [1.165, 1.54) is 37.0 Å². The number of aryl methyl sites for hydroxylation is 1. The first-order valence-corrected chi connectivity index (χ1v) is 9.88. The lowest BCUT2D eigenvalue weighted by molar-refractivity contribution is -0.0615. The molecule has 2 bridgehead atoms. The molecular formula is C19H31NO3S. The van der Waals surface area contributed by atoms with Crippen LogP contribution in [0.1, 0.15) is 66.9 Å². The lowest BCUT2D eigenvalue weighted by Gasteiger charge is -2.35. The SMILES string of the molecule is C1CC2CCC1CO2.CCC(=O)c1ccc(CCC(C)(N)CO)s1. The minimum atomic E-state index is -0.529. The molecule has 0 radical (unpaired) electrons. The number of carbonyl (C=O) groups is 1. The zero-order chi connectivity index (χ0) is 17.6. The molecule has 1 aromatic heterocycles. The standard InChI is InChI=1S/C12H19NO2S.C7H12O/c1-3-10(15)11-5-4-9(16-11)6-7-12(2,13)8-14;1-3-7-4-2-6(1)5-8-7/h4-5,14H,3,6-8,13H2,1-2H3;6-7H,1-5H2. The fraction of sp³-hybridized carbons (Fsp3) is 0.737. The van der Waals surface area contributed by atoms with E-state index in [1.807, 2.05) is 26.0 Å². The van der Waals surface area contributed by atoms with Gasteiger partial charge in [-0.15, -0.1) is 11.3 Å². The molecule has 3 heterocycles. The van der Waals surface area contributed by atoms with Crippen LogP contribution < -0.4 is 5.73 Å². The number of fused-ring (bicyclic) bond motifs is 3. The van der Waals surface area contributed by atoms with Crippen molar-refractivity contribution in [1.82, 2.24) is 0 Å². The van der Waals surface area contributed by atoms with Gasteiger partial charge < -0.3 is 15.6 Å². The highest BCUT2D eigenvalue weighted by atomic mass is 32.1. The van der Waals surface area contributed by atoms with Crippen LogP contribution in [0.25, 0.3) is 0 Å². The molecule has 0 spiro atoms. The van der Waals surface area contributed by atoms with Crippen LogP contribution in [0, 0.1) is 5.92 Å². The molecular weight excluding hydrogens is 322 g/mol. The van der Waals surface area contributed by atoms with Gasteiger partial charge in [-0.25, -0.2) is 0 Å². The molecule has 4 nitrogen and oxygen atoms in total. The quantitative estimate of drug-likeness (QED) is 0.767. The van der Waals surface area contributed by atoms with Crippen molar-refractivity contribution in [2.75, 3.05) is 13.2 Å². The van der Waals surface area contributed by atoms with Crippen LogP contribution >= 0.6 is 11.3 Å². The predicted molar refractivity (Wildman–Crippen MR) is 98.6 cm³/mol. The molecule has 24 heavy (non-hydrogen) atoms. The molecule has 3 fully saturated rings. The molecule has 2 saturated heterocycles. The van der Waals surface area contributed by atoms with Crippen LogP contribution in [-0.2, 0) is 11.2 Å². The van der Waals surface area contributed by atoms with E-state index in [0.717, 1.165) is 35.1 Å². The number of rotatable bonds is 6. The number of carbonyl (C=O) groups excluding carboxylic acids is 1. The molecule has 1 unspecified atom stereocenters. The van der Waals surface area contributed by atoms with Crippen LogP contribution in [0.3, 0.4) is 0 Å². The third-order valence-electron chi connectivity index (χ3n) is 4.92. The maximum Gasteiger partial charge on any atom is 0.172 e. The predicted octanol–water partition coefficient (Wildman–Crippen LogP) is 3.56. The first-order chi connectivity index (χ1) is 11.4. The van der Waals surface area contributed by atoms with Gasteiger partial charge in [0.25, 0.3) is 0 Å². The third-order valence-corrected chi connectivity index (χ3v) is 6.11. The van der Waals surface area contributed by atoms with Crippen molar-refractivity contribution in [2.45, 2.75) is 70.4 Å². The first kappa shape index (κ1) is 19.6. The van der Waals surface area contributed by atoms with Gasteiger partial charge in [-0.1, -0.05) is 6.92 Å². The summed E-state index contributed by atoms with van der Waals surface area (Å²) >= 11 is 1.53. The van der Waals surface area contributed by atoms with E-state index >= 15 is 0 Å². The summed E-state index contributed by atoms with van der Waals surface area (Å²) in [5.74, 6) is 1.12. The van der Waals surface area contributed by atoms with E-state index in [2.05, 4.69) is 0 Å². The van der Waals surface area contributed by atoms with Crippen molar-refractivity contribution < 1.29 is 14.6 Å². The van der Waals surface area contributed by atoms with Gasteiger partial charge in [-0.3, -0.25) is 4.79 Å². The summed E-state index contributed by atoms with van der Waals surface area (Å²) in [5, 5.41) is 9.03. The van der Waals surface area contributed by atoms with Gasteiger partial charge in [0.2, 0.25) is 0 Å². The van der Waals surface area contributed by atoms with E-state index in [4.69, 9.17) is 15.6 Å². The highest BCUT2D eigenvalue weighted by Crippen LogP contribution is 2.32. The molecule has 0 amide bonds. The number of hydrogen-bond acceptors (Lipinski definition) is 5. The monoisotopic (exact) mass is 353 g/mol. The zero-order valence-corrected chi connectivity index (χ0v) is 15.7. The number of nitrogens with two attached hydrogens (primary N) is 1. The highest BCUT2D eigenvalue weighted by molar-refractivity contribution is 7.14. The number of Topliss-reactive ketones (excluding diaryl/α,β-unsaturated/α-hetero) is 1. The van der Waals surface area contributed by atoms with Gasteiger partial charge in [0, 0.05) is 23.4 Å². The number of hydrogen-bond donors (Lipinski definition) is 2. The maximum absolute atomic E-state index is 11.4. The second kappa shape index (κ2) is 9.09. The largest absolute Gasteiger partial charge is 0.394 e. The van der Waals surface area contributed by atoms with Crippen LogP contribution in [0.15, 0.2) is 12.1 Å². The summed E-state index contributed by atoms with van der Waals surface area (Å²) in [5.41, 5.74) is 5.32. The number of thiophene rings is 1. The molecule has 3 aliphatic rings. The number of ether oxygens (including phenoxy) is 1. The highest BCUT2D eigenvalue weighted by Gasteiger charge is 2.27. The summed E-state index contributed by atoms with van der Waals surface area (Å²) in [6, 6.07) is 3.85. The van der Waals surface area contributed by atoms with Crippen molar-refractivity contribution in [3.63, 3.8) is 0 Å². The number of aliphatic hydroxyl groups is 1. The Bertz CT molecular complexity index is 495. The second-order valence-electron chi connectivity index (χ2n) is 7.33. The molecule has 0 aromatic carbocycles. The Morgan fingerprint density at radius 3 is 2.50 bits per heavy atom. The van der Waals surface area contributed by atoms with Crippen molar-refractivity contribution in [3.8, 4) is 0 Å². The topological polar surface area (TPSA) is 72.5 Å². The van der Waals surface area contributed by atoms with Crippen molar-refractivity contribution >= 4 is 17.1 Å². The Kier molecular flexibility index (Phi) is 7.41. The van der Waals surface area contributed by atoms with Gasteiger partial charge in [0.15, 0.2) is 5.78 Å². The van der Waals surface area contributed by atoms with Gasteiger partial charge >= 0.3 is 0 Å².